The average molecular weight is 382 g/mol. The zero-order chi connectivity index (χ0) is 19.9. The van der Waals surface area contributed by atoms with Crippen LogP contribution >= 0.6 is 0 Å². The van der Waals surface area contributed by atoms with Crippen molar-refractivity contribution < 1.29 is 14.3 Å². The van der Waals surface area contributed by atoms with Gasteiger partial charge in [0, 0.05) is 29.4 Å². The number of hydrogen-bond donors (Lipinski definition) is 0. The van der Waals surface area contributed by atoms with Crippen molar-refractivity contribution in [2.45, 2.75) is 27.3 Å². The van der Waals surface area contributed by atoms with Gasteiger partial charge in [-0.05, 0) is 12.1 Å². The number of hydrogen-bond acceptors (Lipinski definition) is 4. The van der Waals surface area contributed by atoms with Gasteiger partial charge < -0.3 is 14.2 Å². The average Bonchev–Trinajstić information content (AvgIpc) is 2.98. The van der Waals surface area contributed by atoms with Crippen LogP contribution < -0.4 is 0 Å². The van der Waals surface area contributed by atoms with E-state index in [0.717, 1.165) is 16.6 Å². The van der Waals surface area contributed by atoms with E-state index >= 15 is 0 Å². The van der Waals surface area contributed by atoms with Crippen LogP contribution in [-0.4, -0.2) is 64.8 Å². The molecule has 1 fully saturated rings. The molecule has 28 heavy (non-hydrogen) atoms. The van der Waals surface area contributed by atoms with Crippen LogP contribution in [0.25, 0.3) is 10.9 Å². The molecular weight excluding hydrogens is 356 g/mol. The zero-order valence-corrected chi connectivity index (χ0v) is 16.6. The van der Waals surface area contributed by atoms with E-state index in [1.54, 1.807) is 4.90 Å². The van der Waals surface area contributed by atoms with Gasteiger partial charge in [0.1, 0.15) is 12.2 Å². The van der Waals surface area contributed by atoms with Gasteiger partial charge in [-0.3, -0.25) is 9.59 Å². The highest BCUT2D eigenvalue weighted by atomic mass is 16.5. The van der Waals surface area contributed by atoms with Crippen molar-refractivity contribution in [1.82, 2.24) is 14.5 Å². The number of fused-ring (bicyclic) bond motifs is 3. The molecule has 1 aromatic carbocycles. The monoisotopic (exact) mass is 382 g/mol. The highest BCUT2D eigenvalue weighted by Crippen LogP contribution is 2.27. The minimum absolute atomic E-state index is 0.0556. The number of ether oxygens (including phenoxy) is 1. The first kappa shape index (κ1) is 18.7. The summed E-state index contributed by atoms with van der Waals surface area (Å²) in [6.45, 7) is 8.88. The van der Waals surface area contributed by atoms with Crippen LogP contribution in [0.4, 0.5) is 0 Å². The van der Waals surface area contributed by atoms with Crippen molar-refractivity contribution in [3.63, 3.8) is 0 Å². The topological polar surface area (TPSA) is 67.1 Å². The highest BCUT2D eigenvalue weighted by Gasteiger charge is 2.32. The Kier molecular flexibility index (Phi) is 4.71. The van der Waals surface area contributed by atoms with Gasteiger partial charge in [-0.25, -0.2) is 5.01 Å². The molecular formula is C21H26N4O3. The van der Waals surface area contributed by atoms with Gasteiger partial charge in [0.2, 0.25) is 5.91 Å². The van der Waals surface area contributed by atoms with Crippen molar-refractivity contribution in [2.75, 3.05) is 32.8 Å². The van der Waals surface area contributed by atoms with Crippen molar-refractivity contribution in [3.8, 4) is 0 Å². The first-order chi connectivity index (χ1) is 13.3. The number of para-hydroxylation sites is 1. The Labute approximate surface area is 164 Å². The summed E-state index contributed by atoms with van der Waals surface area (Å²) in [7, 11) is 0. The van der Waals surface area contributed by atoms with Crippen LogP contribution in [-0.2, 0) is 16.1 Å². The van der Waals surface area contributed by atoms with E-state index in [1.165, 1.54) is 5.01 Å². The lowest BCUT2D eigenvalue weighted by atomic mass is 9.90. The maximum Gasteiger partial charge on any atom is 0.291 e. The molecule has 0 spiro atoms. The Hall–Kier alpha value is -2.67. The number of carbonyl (C=O) groups is 2. The smallest absolute Gasteiger partial charge is 0.291 e. The van der Waals surface area contributed by atoms with E-state index in [0.29, 0.717) is 38.5 Å². The summed E-state index contributed by atoms with van der Waals surface area (Å²) in [4.78, 5) is 27.8. The summed E-state index contributed by atoms with van der Waals surface area (Å²) in [5.41, 5.74) is 2.21. The predicted molar refractivity (Wildman–Crippen MR) is 107 cm³/mol. The van der Waals surface area contributed by atoms with Crippen LogP contribution in [0.3, 0.4) is 0 Å². The van der Waals surface area contributed by atoms with Crippen molar-refractivity contribution in [3.05, 3.63) is 36.0 Å². The lowest BCUT2D eigenvalue weighted by Gasteiger charge is -2.29. The van der Waals surface area contributed by atoms with Gasteiger partial charge in [0.05, 0.1) is 25.5 Å². The SMILES string of the molecule is CC(C)(C)C1=NN(CC(=O)N2CCOCC2)C(=O)c2cc3ccccc3n2C1. The third-order valence-corrected chi connectivity index (χ3v) is 5.33. The summed E-state index contributed by atoms with van der Waals surface area (Å²) in [6, 6.07) is 9.84. The summed E-state index contributed by atoms with van der Waals surface area (Å²) in [5, 5.41) is 7.01. The van der Waals surface area contributed by atoms with Crippen LogP contribution in [0.2, 0.25) is 0 Å². The molecule has 0 saturated carbocycles. The first-order valence-electron chi connectivity index (χ1n) is 9.68. The molecule has 0 aliphatic carbocycles. The number of carbonyl (C=O) groups excluding carboxylic acids is 2. The number of hydrazone groups is 1. The highest BCUT2D eigenvalue weighted by molar-refractivity contribution is 6.03. The van der Waals surface area contributed by atoms with E-state index in [4.69, 9.17) is 4.74 Å². The number of nitrogens with zero attached hydrogens (tertiary/aromatic N) is 4. The Balaban J connectivity index is 1.72. The van der Waals surface area contributed by atoms with Crippen molar-refractivity contribution >= 4 is 28.4 Å². The molecule has 0 unspecified atom stereocenters. The van der Waals surface area contributed by atoms with Gasteiger partial charge >= 0.3 is 0 Å². The standard InChI is InChI=1S/C21H26N4O3/c1-21(2,3)18-13-24-16-7-5-4-6-15(16)12-17(24)20(27)25(22-18)14-19(26)23-8-10-28-11-9-23/h4-7,12H,8-11,13-14H2,1-3H3. The fourth-order valence-corrected chi connectivity index (χ4v) is 3.60. The molecule has 2 aliphatic rings. The van der Waals surface area contributed by atoms with Crippen molar-refractivity contribution in [1.29, 1.82) is 0 Å². The molecule has 7 nitrogen and oxygen atoms in total. The van der Waals surface area contributed by atoms with Gasteiger partial charge in [-0.15, -0.1) is 0 Å². The van der Waals surface area contributed by atoms with Crippen LogP contribution in [0.5, 0.6) is 0 Å². The van der Waals surface area contributed by atoms with E-state index in [2.05, 4.69) is 25.9 Å². The second kappa shape index (κ2) is 7.05. The van der Waals surface area contributed by atoms with E-state index < -0.39 is 0 Å². The van der Waals surface area contributed by atoms with E-state index in [9.17, 15) is 9.59 Å². The number of benzene rings is 1. The van der Waals surface area contributed by atoms with Gasteiger partial charge in [-0.1, -0.05) is 39.0 Å². The van der Waals surface area contributed by atoms with Crippen LogP contribution in [0.1, 0.15) is 31.3 Å². The predicted octanol–water partition coefficient (Wildman–Crippen LogP) is 2.36. The summed E-state index contributed by atoms with van der Waals surface area (Å²) in [5.74, 6) is -0.338. The number of amides is 2. The Morgan fingerprint density at radius 1 is 1.18 bits per heavy atom. The van der Waals surface area contributed by atoms with Gasteiger partial charge in [-0.2, -0.15) is 5.10 Å². The molecule has 0 radical (unpaired) electrons. The minimum atomic E-state index is -0.239. The molecule has 0 atom stereocenters. The van der Waals surface area contributed by atoms with E-state index in [-0.39, 0.29) is 23.8 Å². The Morgan fingerprint density at radius 2 is 1.89 bits per heavy atom. The van der Waals surface area contributed by atoms with E-state index in [1.807, 2.05) is 34.9 Å². The molecule has 0 N–H and O–H groups in total. The molecule has 0 bridgehead atoms. The van der Waals surface area contributed by atoms with Crippen molar-refractivity contribution in [2.24, 2.45) is 10.5 Å². The normalized spacial score (nSPS) is 18.1. The Bertz CT molecular complexity index is 948. The first-order valence-corrected chi connectivity index (χ1v) is 9.68. The maximum atomic E-state index is 13.3. The lowest BCUT2D eigenvalue weighted by molar-refractivity contribution is -0.135. The Morgan fingerprint density at radius 3 is 2.61 bits per heavy atom. The lowest BCUT2D eigenvalue weighted by Crippen LogP contribution is -2.46. The molecule has 7 heteroatoms. The summed E-state index contributed by atoms with van der Waals surface area (Å²) in [6.07, 6.45) is 0. The van der Waals surface area contributed by atoms with Crippen LogP contribution in [0, 0.1) is 5.41 Å². The molecule has 2 aromatic rings. The minimum Gasteiger partial charge on any atom is -0.378 e. The molecule has 2 aliphatic heterocycles. The molecule has 1 aromatic heterocycles. The molecule has 4 rings (SSSR count). The zero-order valence-electron chi connectivity index (χ0n) is 16.6. The summed E-state index contributed by atoms with van der Waals surface area (Å²) < 4.78 is 7.33. The van der Waals surface area contributed by atoms with Gasteiger partial charge in [0.25, 0.3) is 5.91 Å². The second-order valence-electron chi connectivity index (χ2n) is 8.33. The van der Waals surface area contributed by atoms with Gasteiger partial charge in [0.15, 0.2) is 0 Å². The second-order valence-corrected chi connectivity index (χ2v) is 8.33. The number of aromatic nitrogens is 1. The van der Waals surface area contributed by atoms with Crippen LogP contribution in [0.15, 0.2) is 35.4 Å². The fraction of sp³-hybridized carbons (Fsp3) is 0.476. The molecule has 148 valence electrons. The fourth-order valence-electron chi connectivity index (χ4n) is 3.60. The number of morpholine rings is 1. The quantitative estimate of drug-likeness (QED) is 0.801. The summed E-state index contributed by atoms with van der Waals surface area (Å²) >= 11 is 0. The number of rotatable bonds is 2. The third kappa shape index (κ3) is 3.42. The molecule has 3 heterocycles. The molecule has 1 saturated heterocycles. The largest absolute Gasteiger partial charge is 0.378 e. The third-order valence-electron chi connectivity index (χ3n) is 5.33. The maximum absolute atomic E-state index is 13.3. The molecule has 2 amide bonds.